The maximum Gasteiger partial charge on any atom is 0.184 e. The van der Waals surface area contributed by atoms with Crippen LogP contribution in [-0.4, -0.2) is 113 Å². The molecule has 0 radical (unpaired) electrons. The van der Waals surface area contributed by atoms with Crippen molar-refractivity contribution in [1.29, 1.82) is 0 Å². The lowest BCUT2D eigenvalue weighted by Crippen LogP contribution is -2.02. The summed E-state index contributed by atoms with van der Waals surface area (Å²) in [6, 6.07) is 107. The first-order valence-electron chi connectivity index (χ1n) is 40.0. The summed E-state index contributed by atoms with van der Waals surface area (Å²) in [5, 5.41) is 24.2. The quantitative estimate of drug-likeness (QED) is 0.104. The summed E-state index contributed by atoms with van der Waals surface area (Å²) in [6.45, 7) is 0. The van der Waals surface area contributed by atoms with Crippen LogP contribution in [0.15, 0.2) is 383 Å². The van der Waals surface area contributed by atoms with Crippen LogP contribution in [0.1, 0.15) is 0 Å². The number of nitrogens with zero attached hydrogens (tertiary/aromatic N) is 23. The molecule has 0 fully saturated rings. The minimum atomic E-state index is 0.429. The summed E-state index contributed by atoms with van der Waals surface area (Å²) in [4.78, 5) is 70.0. The second-order valence-corrected chi connectivity index (χ2v) is 29.3. The topological polar surface area (TPSA) is 263 Å². The number of hydrogen-bond acceptors (Lipinski definition) is 19. The van der Waals surface area contributed by atoms with Crippen LogP contribution >= 0.6 is 0 Å². The Morgan fingerprint density at radius 1 is 0.185 bits per heavy atom. The summed E-state index contributed by atoms with van der Waals surface area (Å²) in [5.74, 6) is 3.52. The smallest absolute Gasteiger partial charge is 0.184 e. The second-order valence-electron chi connectivity index (χ2n) is 29.3. The van der Waals surface area contributed by atoms with Gasteiger partial charge in [0.15, 0.2) is 40.8 Å². The Balaban J connectivity index is 0.000000111. The van der Waals surface area contributed by atoms with Crippen molar-refractivity contribution in [3.05, 3.63) is 383 Å². The van der Waals surface area contributed by atoms with Crippen molar-refractivity contribution < 1.29 is 0 Å². The average Bonchev–Trinajstić information content (AvgIpc) is 1.59. The van der Waals surface area contributed by atoms with Crippen LogP contribution in [-0.2, 0) is 0 Å². The predicted octanol–water partition coefficient (Wildman–Crippen LogP) is 20.9. The lowest BCUT2D eigenvalue weighted by Gasteiger charge is -2.08. The van der Waals surface area contributed by atoms with Gasteiger partial charge in [0, 0.05) is 134 Å². The Morgan fingerprint density at radius 2 is 0.548 bits per heavy atom. The number of para-hydroxylation sites is 4. The zero-order valence-electron chi connectivity index (χ0n) is 65.7. The number of benzene rings is 6. The summed E-state index contributed by atoms with van der Waals surface area (Å²) in [7, 11) is 0. The zero-order valence-corrected chi connectivity index (χ0v) is 65.7. The molecule has 6 aromatic carbocycles. The molecule has 0 unspecified atom stereocenters. The summed E-state index contributed by atoms with van der Waals surface area (Å²) >= 11 is 0. The van der Waals surface area contributed by atoms with Gasteiger partial charge in [-0.1, -0.05) is 182 Å². The third-order valence-corrected chi connectivity index (χ3v) is 21.4. The van der Waals surface area contributed by atoms with Crippen LogP contribution in [0.25, 0.3) is 213 Å². The van der Waals surface area contributed by atoms with E-state index in [0.717, 1.165) is 150 Å². The van der Waals surface area contributed by atoms with Crippen molar-refractivity contribution in [3.8, 4) is 148 Å². The molecule has 0 aliphatic carbocycles. The molecule has 0 spiro atoms. The molecule has 0 N–H and O–H groups in total. The van der Waals surface area contributed by atoms with E-state index in [0.29, 0.717) is 57.7 Å². The van der Waals surface area contributed by atoms with Crippen molar-refractivity contribution in [2.45, 2.75) is 0 Å². The molecule has 0 saturated carbocycles. The molecule has 18 heterocycles. The van der Waals surface area contributed by atoms with E-state index in [1.807, 2.05) is 237 Å². The zero-order chi connectivity index (χ0) is 82.2. The molecule has 23 nitrogen and oxygen atoms in total. The van der Waals surface area contributed by atoms with Gasteiger partial charge in [0.1, 0.15) is 22.8 Å². The Morgan fingerprint density at radius 3 is 1.02 bits per heavy atom. The van der Waals surface area contributed by atoms with Gasteiger partial charge in [0.05, 0.1) is 78.3 Å². The minimum Gasteiger partial charge on any atom is -0.264 e. The van der Waals surface area contributed by atoms with E-state index in [9.17, 15) is 0 Å². The van der Waals surface area contributed by atoms with Crippen LogP contribution in [0.2, 0.25) is 0 Å². The molecule has 24 aromatic rings. The van der Waals surface area contributed by atoms with Crippen LogP contribution in [0.3, 0.4) is 0 Å². The van der Waals surface area contributed by atoms with E-state index in [4.69, 9.17) is 65.3 Å². The highest BCUT2D eigenvalue weighted by atomic mass is 15.3. The summed E-state index contributed by atoms with van der Waals surface area (Å²) in [5.41, 5.74) is 24.0. The Kier molecular flexibility index (Phi) is 18.5. The molecule has 0 saturated heterocycles. The van der Waals surface area contributed by atoms with Crippen LogP contribution in [0.5, 0.6) is 0 Å². The fourth-order valence-electron chi connectivity index (χ4n) is 15.2. The number of hydrogen-bond donors (Lipinski definition) is 0. The molecular weight excluding hydrogens is 1540 g/mol. The van der Waals surface area contributed by atoms with E-state index in [2.05, 4.69) is 145 Å². The lowest BCUT2D eigenvalue weighted by molar-refractivity contribution is 0.949. The van der Waals surface area contributed by atoms with Gasteiger partial charge < -0.3 is 0 Å². The third kappa shape index (κ3) is 14.3. The van der Waals surface area contributed by atoms with E-state index >= 15 is 0 Å². The van der Waals surface area contributed by atoms with Gasteiger partial charge in [-0.3, -0.25) is 39.9 Å². The van der Waals surface area contributed by atoms with E-state index < -0.39 is 0 Å². The molecule has 0 aliphatic heterocycles. The van der Waals surface area contributed by atoms with Crippen molar-refractivity contribution in [2.24, 2.45) is 0 Å². The standard InChI is InChI=1S/2C34H21N9.C33H21N5/c1-2-10-31-22(7-1)11-14-25-19-30(42-43(25)31)34-40-32(23-12-15-28(37-20-23)26-8-3-5-17-35-26)39-33(41-34)24-13-16-29(38-21-24)27-9-4-6-18-36-27;1-2-8-31-22(5-1)9-12-27-17-30(42-43(27)31)34-40-32(28-13-10-25(20-37-28)23-6-3-15-35-18-23)39-33(41-34)29-14-11-26(21-38-29)24-7-4-16-36-19-24;1-2-8-22(9-3-1)30-21-32-27-11-5-6-12-28(27)34-33(38(32)36-30)25-16-14-23(15-17-25)29-20-26-19-18-24-10-4-7-13-31(24)37(26)35-29/h2*1-21H;1-21H. The number of fused-ring (bicyclic) bond motifs is 12. The van der Waals surface area contributed by atoms with Crippen LogP contribution in [0, 0.1) is 0 Å². The maximum atomic E-state index is 5.03. The molecule has 24 rings (SSSR count). The van der Waals surface area contributed by atoms with E-state index in [-0.39, 0.29) is 0 Å². The van der Waals surface area contributed by atoms with Crippen LogP contribution < -0.4 is 0 Å². The van der Waals surface area contributed by atoms with Crippen molar-refractivity contribution in [1.82, 2.24) is 113 Å². The average molecular weight is 1600 g/mol. The molecule has 0 amide bonds. The maximum absolute atomic E-state index is 5.03. The van der Waals surface area contributed by atoms with Gasteiger partial charge in [-0.15, -0.1) is 0 Å². The van der Waals surface area contributed by atoms with Gasteiger partial charge >= 0.3 is 0 Å². The van der Waals surface area contributed by atoms with Gasteiger partial charge in [-0.05, 0) is 140 Å². The Labute approximate surface area is 706 Å². The minimum absolute atomic E-state index is 0.429. The molecule has 124 heavy (non-hydrogen) atoms. The Hall–Kier alpha value is -17.7. The number of rotatable bonds is 13. The van der Waals surface area contributed by atoms with Gasteiger partial charge in [0.2, 0.25) is 0 Å². The van der Waals surface area contributed by atoms with Crippen molar-refractivity contribution >= 4 is 65.7 Å². The molecule has 582 valence electrons. The highest BCUT2D eigenvalue weighted by Crippen LogP contribution is 2.35. The van der Waals surface area contributed by atoms with E-state index in [1.54, 1.807) is 49.6 Å². The van der Waals surface area contributed by atoms with Gasteiger partial charge in [0.25, 0.3) is 0 Å². The first-order chi connectivity index (χ1) is 61.4. The van der Waals surface area contributed by atoms with Gasteiger partial charge in [-0.25, -0.2) is 52.9 Å². The molecule has 0 bridgehead atoms. The van der Waals surface area contributed by atoms with Crippen molar-refractivity contribution in [2.75, 3.05) is 0 Å². The summed E-state index contributed by atoms with van der Waals surface area (Å²) in [6.07, 6.45) is 17.7. The molecule has 18 aromatic heterocycles. The van der Waals surface area contributed by atoms with E-state index in [1.165, 1.54) is 5.39 Å². The van der Waals surface area contributed by atoms with Gasteiger partial charge in [-0.2, -0.15) is 20.4 Å². The SMILES string of the molecule is c1ccc(-c2cc3c4ccccc4nc(-c4ccc(-c5cc6ccc7ccccc7n6n5)cc4)n3n2)cc1.c1ccc(-c2ccc(-c3nc(-c4ccc(-c5ccccn5)nc4)nc(-c4cc5ccc6ccccc6n5n4)n3)cn2)nc1.c1cncc(-c2ccc(-c3nc(-c4ccc(-c5cccnc5)cn4)nc(-c4cc5ccc6ccccc6n5n4)n3)nc2)c1. The first-order valence-corrected chi connectivity index (χ1v) is 40.0. The number of pyridine rings is 11. The molecular formula is C101H63N23. The molecule has 23 heteroatoms. The lowest BCUT2D eigenvalue weighted by atomic mass is 10.1. The first kappa shape index (κ1) is 72.7. The predicted molar refractivity (Wildman–Crippen MR) is 482 cm³/mol. The molecule has 0 atom stereocenters. The van der Waals surface area contributed by atoms with Crippen molar-refractivity contribution in [3.63, 3.8) is 0 Å². The third-order valence-electron chi connectivity index (χ3n) is 21.4. The molecule has 0 aliphatic rings. The highest BCUT2D eigenvalue weighted by molar-refractivity contribution is 5.97. The monoisotopic (exact) mass is 1600 g/mol. The highest BCUT2D eigenvalue weighted by Gasteiger charge is 2.22. The van der Waals surface area contributed by atoms with Crippen LogP contribution in [0.4, 0.5) is 0 Å². The fourth-order valence-corrected chi connectivity index (χ4v) is 15.2. The largest absolute Gasteiger partial charge is 0.264 e. The fraction of sp³-hybridized carbons (Fsp3) is 0. The second kappa shape index (κ2) is 31.6. The summed E-state index contributed by atoms with van der Waals surface area (Å²) < 4.78 is 7.81. The number of aromatic nitrogens is 23. The normalized spacial score (nSPS) is 11.4. The Bertz CT molecular complexity index is 7540.